The molecule has 1 aliphatic heterocycles. The molecule has 1 rings (SSSR count). The molecule has 0 amide bonds. The second-order valence-corrected chi connectivity index (χ2v) is 1.91. The van der Waals surface area contributed by atoms with Crippen molar-refractivity contribution >= 4 is 5.84 Å². The Morgan fingerprint density at radius 1 is 1.70 bits per heavy atom. The lowest BCUT2D eigenvalue weighted by Gasteiger charge is -1.95. The Labute approximate surface area is 60.7 Å². The number of hydrogen-bond donors (Lipinski definition) is 1. The van der Waals surface area contributed by atoms with Crippen molar-refractivity contribution in [3.05, 3.63) is 36.6 Å². The number of amidine groups is 1. The lowest BCUT2D eigenvalue weighted by Crippen LogP contribution is -2.12. The van der Waals surface area contributed by atoms with Crippen molar-refractivity contribution in [1.29, 1.82) is 0 Å². The summed E-state index contributed by atoms with van der Waals surface area (Å²) < 4.78 is 0. The molecule has 2 nitrogen and oxygen atoms in total. The van der Waals surface area contributed by atoms with Gasteiger partial charge in [0.15, 0.2) is 0 Å². The van der Waals surface area contributed by atoms with E-state index < -0.39 is 0 Å². The smallest absolute Gasteiger partial charge is 0.132 e. The Balaban J connectivity index is 2.86. The first-order valence-electron chi connectivity index (χ1n) is 3.11. The second kappa shape index (κ2) is 3.01. The first kappa shape index (κ1) is 6.81. The predicted molar refractivity (Wildman–Crippen MR) is 43.9 cm³/mol. The summed E-state index contributed by atoms with van der Waals surface area (Å²) in [5.74, 6) is 0.903. The molecule has 1 heterocycles. The third kappa shape index (κ3) is 1.16. The number of nitrogens with one attached hydrogen (secondary N) is 1. The molecule has 1 aliphatic rings. The number of hydrogen-bond acceptors (Lipinski definition) is 1. The maximum Gasteiger partial charge on any atom is 0.132 e. The van der Waals surface area contributed by atoms with E-state index in [0.29, 0.717) is 0 Å². The molecule has 0 spiro atoms. The third-order valence-electron chi connectivity index (χ3n) is 1.28. The highest BCUT2D eigenvalue weighted by atomic mass is 15.0. The van der Waals surface area contributed by atoms with Crippen molar-refractivity contribution < 1.29 is 0 Å². The molecule has 0 aromatic carbocycles. The van der Waals surface area contributed by atoms with Gasteiger partial charge in [-0.25, -0.2) is 0 Å². The third-order valence-corrected chi connectivity index (χ3v) is 1.28. The van der Waals surface area contributed by atoms with Gasteiger partial charge in [0.05, 0.1) is 0 Å². The van der Waals surface area contributed by atoms with Gasteiger partial charge in [-0.05, 0) is 6.08 Å². The highest BCUT2D eigenvalue weighted by molar-refractivity contribution is 6.03. The quantitative estimate of drug-likeness (QED) is 0.573. The molecule has 10 heavy (non-hydrogen) atoms. The number of aliphatic imine (C=N–C) groups is 1. The molecule has 0 unspecified atom stereocenters. The fourth-order valence-corrected chi connectivity index (χ4v) is 0.828. The largest absolute Gasteiger partial charge is 0.346 e. The highest BCUT2D eigenvalue weighted by Gasteiger charge is 2.04. The zero-order valence-electron chi connectivity index (χ0n) is 5.96. The molecular formula is C8H10N2. The van der Waals surface area contributed by atoms with Crippen molar-refractivity contribution in [3.8, 4) is 0 Å². The summed E-state index contributed by atoms with van der Waals surface area (Å²) >= 11 is 0. The Bertz CT molecular complexity index is 221. The SMILES string of the molecule is C=C/C=C1/C=CNC1=NC. The van der Waals surface area contributed by atoms with E-state index in [9.17, 15) is 0 Å². The van der Waals surface area contributed by atoms with E-state index in [1.807, 2.05) is 18.4 Å². The van der Waals surface area contributed by atoms with Crippen molar-refractivity contribution in [2.24, 2.45) is 4.99 Å². The Kier molecular flexibility index (Phi) is 2.05. The van der Waals surface area contributed by atoms with Crippen LogP contribution in [0.2, 0.25) is 0 Å². The Morgan fingerprint density at radius 2 is 2.50 bits per heavy atom. The molecule has 52 valence electrons. The van der Waals surface area contributed by atoms with E-state index in [1.54, 1.807) is 13.1 Å². The van der Waals surface area contributed by atoms with Crippen LogP contribution in [0, 0.1) is 0 Å². The molecule has 0 aromatic rings. The summed E-state index contributed by atoms with van der Waals surface area (Å²) in [6.07, 6.45) is 7.48. The first-order valence-corrected chi connectivity index (χ1v) is 3.11. The maximum absolute atomic E-state index is 4.01. The Hall–Kier alpha value is -1.31. The van der Waals surface area contributed by atoms with Crippen LogP contribution in [0.15, 0.2) is 41.6 Å². The summed E-state index contributed by atoms with van der Waals surface area (Å²) in [6, 6.07) is 0. The lowest BCUT2D eigenvalue weighted by atomic mass is 10.2. The topological polar surface area (TPSA) is 24.4 Å². The van der Waals surface area contributed by atoms with Crippen LogP contribution in [-0.4, -0.2) is 12.9 Å². The van der Waals surface area contributed by atoms with Crippen molar-refractivity contribution in [2.75, 3.05) is 7.05 Å². The molecule has 0 radical (unpaired) electrons. The molecule has 0 aliphatic carbocycles. The molecular weight excluding hydrogens is 124 g/mol. The summed E-state index contributed by atoms with van der Waals surface area (Å²) in [7, 11) is 1.76. The highest BCUT2D eigenvalue weighted by Crippen LogP contribution is 2.04. The number of nitrogens with zero attached hydrogens (tertiary/aromatic N) is 1. The van der Waals surface area contributed by atoms with Gasteiger partial charge >= 0.3 is 0 Å². The zero-order valence-corrected chi connectivity index (χ0v) is 5.96. The van der Waals surface area contributed by atoms with Crippen LogP contribution < -0.4 is 5.32 Å². The van der Waals surface area contributed by atoms with Gasteiger partial charge in [-0.1, -0.05) is 18.7 Å². The van der Waals surface area contributed by atoms with E-state index in [-0.39, 0.29) is 0 Å². The first-order chi connectivity index (χ1) is 4.88. The van der Waals surface area contributed by atoms with Crippen LogP contribution in [0.5, 0.6) is 0 Å². The zero-order chi connectivity index (χ0) is 7.40. The van der Waals surface area contributed by atoms with Gasteiger partial charge in [-0.15, -0.1) is 0 Å². The Morgan fingerprint density at radius 3 is 3.10 bits per heavy atom. The molecule has 0 bridgehead atoms. The van der Waals surface area contributed by atoms with Gasteiger partial charge in [0.2, 0.25) is 0 Å². The normalized spacial score (nSPS) is 23.7. The summed E-state index contributed by atoms with van der Waals surface area (Å²) in [6.45, 7) is 3.60. The molecule has 1 N–H and O–H groups in total. The number of rotatable bonds is 1. The summed E-state index contributed by atoms with van der Waals surface area (Å²) in [5.41, 5.74) is 1.08. The average Bonchev–Trinajstić information content (AvgIpc) is 2.36. The van der Waals surface area contributed by atoms with E-state index in [1.165, 1.54) is 0 Å². The predicted octanol–water partition coefficient (Wildman–Crippen LogP) is 1.24. The molecule has 0 saturated carbocycles. The summed E-state index contributed by atoms with van der Waals surface area (Å²) in [5, 5.41) is 2.99. The van der Waals surface area contributed by atoms with E-state index in [4.69, 9.17) is 0 Å². The molecule has 0 fully saturated rings. The second-order valence-electron chi connectivity index (χ2n) is 1.91. The van der Waals surface area contributed by atoms with Crippen LogP contribution >= 0.6 is 0 Å². The van der Waals surface area contributed by atoms with Crippen LogP contribution in [0.4, 0.5) is 0 Å². The van der Waals surface area contributed by atoms with E-state index in [0.717, 1.165) is 11.4 Å². The van der Waals surface area contributed by atoms with Gasteiger partial charge in [0.1, 0.15) is 5.84 Å². The number of allylic oxidation sites excluding steroid dienone is 2. The molecule has 2 heteroatoms. The van der Waals surface area contributed by atoms with Crippen LogP contribution in [-0.2, 0) is 0 Å². The minimum absolute atomic E-state index is 0.903. The van der Waals surface area contributed by atoms with Crippen LogP contribution in [0.1, 0.15) is 0 Å². The molecule has 0 atom stereocenters. The fraction of sp³-hybridized carbons (Fsp3) is 0.125. The fourth-order valence-electron chi connectivity index (χ4n) is 0.828. The van der Waals surface area contributed by atoms with Gasteiger partial charge in [0, 0.05) is 18.8 Å². The monoisotopic (exact) mass is 134 g/mol. The van der Waals surface area contributed by atoms with Crippen LogP contribution in [0.25, 0.3) is 0 Å². The van der Waals surface area contributed by atoms with Crippen molar-refractivity contribution in [1.82, 2.24) is 5.32 Å². The standard InChI is InChI=1S/C8H10N2/c1-3-4-7-5-6-10-8(7)9-2/h3-6H,1H2,2H3,(H,9,10)/b7-4-. The lowest BCUT2D eigenvalue weighted by molar-refractivity contribution is 1.27. The van der Waals surface area contributed by atoms with Gasteiger partial charge in [-0.2, -0.15) is 0 Å². The van der Waals surface area contributed by atoms with Gasteiger partial charge in [-0.3, -0.25) is 4.99 Å². The minimum Gasteiger partial charge on any atom is -0.346 e. The molecule has 0 saturated heterocycles. The molecule has 0 aromatic heterocycles. The van der Waals surface area contributed by atoms with E-state index in [2.05, 4.69) is 16.9 Å². The van der Waals surface area contributed by atoms with Gasteiger partial charge in [0.25, 0.3) is 0 Å². The maximum atomic E-state index is 4.01. The van der Waals surface area contributed by atoms with E-state index >= 15 is 0 Å². The van der Waals surface area contributed by atoms with Gasteiger partial charge < -0.3 is 5.32 Å². The minimum atomic E-state index is 0.903. The average molecular weight is 134 g/mol. The summed E-state index contributed by atoms with van der Waals surface area (Å²) in [4.78, 5) is 4.01. The van der Waals surface area contributed by atoms with Crippen molar-refractivity contribution in [3.63, 3.8) is 0 Å². The van der Waals surface area contributed by atoms with Crippen molar-refractivity contribution in [2.45, 2.75) is 0 Å². The van der Waals surface area contributed by atoms with Crippen LogP contribution in [0.3, 0.4) is 0 Å².